The van der Waals surface area contributed by atoms with Crippen LogP contribution in [0.3, 0.4) is 0 Å². The Bertz CT molecular complexity index is 275. The Balaban J connectivity index is 2.10. The minimum Gasteiger partial charge on any atom is -0.354 e. The molecule has 1 rings (SSSR count). The number of hydrogen-bond acceptors (Lipinski definition) is 4. The molecule has 4 nitrogen and oxygen atoms in total. The number of anilines is 1. The van der Waals surface area contributed by atoms with Gasteiger partial charge in [-0.25, -0.2) is 9.97 Å². The van der Waals surface area contributed by atoms with Crippen LogP contribution < -0.4 is 11.1 Å². The number of rotatable bonds is 7. The van der Waals surface area contributed by atoms with Crippen LogP contribution in [0.25, 0.3) is 0 Å². The molecule has 1 aromatic rings. The molecule has 15 heavy (non-hydrogen) atoms. The summed E-state index contributed by atoms with van der Waals surface area (Å²) in [7, 11) is 0. The monoisotopic (exact) mass is 208 g/mol. The predicted molar refractivity (Wildman–Crippen MR) is 62.8 cm³/mol. The highest BCUT2D eigenvalue weighted by Gasteiger charge is 1.94. The van der Waals surface area contributed by atoms with E-state index >= 15 is 0 Å². The zero-order valence-electron chi connectivity index (χ0n) is 9.37. The van der Waals surface area contributed by atoms with Crippen LogP contribution in [0.15, 0.2) is 12.3 Å². The summed E-state index contributed by atoms with van der Waals surface area (Å²) in [6.45, 7) is 3.70. The van der Waals surface area contributed by atoms with E-state index in [0.717, 1.165) is 37.6 Å². The summed E-state index contributed by atoms with van der Waals surface area (Å²) >= 11 is 0. The largest absolute Gasteiger partial charge is 0.354 e. The van der Waals surface area contributed by atoms with Gasteiger partial charge in [0.25, 0.3) is 0 Å². The van der Waals surface area contributed by atoms with E-state index in [1.54, 1.807) is 6.20 Å². The second-order valence-corrected chi connectivity index (χ2v) is 3.65. The number of nitrogens with one attached hydrogen (secondary N) is 1. The Labute approximate surface area is 91.3 Å². The first-order valence-electron chi connectivity index (χ1n) is 5.56. The van der Waals surface area contributed by atoms with Crippen LogP contribution in [-0.4, -0.2) is 23.1 Å². The summed E-state index contributed by atoms with van der Waals surface area (Å²) in [6, 6.07) is 1.90. The fourth-order valence-electron chi connectivity index (χ4n) is 1.36. The molecule has 0 fully saturated rings. The van der Waals surface area contributed by atoms with Gasteiger partial charge in [0, 0.05) is 18.4 Å². The number of nitrogens with zero attached hydrogens (tertiary/aromatic N) is 2. The average Bonchev–Trinajstić information content (AvgIpc) is 2.23. The molecule has 0 unspecified atom stereocenters. The minimum atomic E-state index is 0.730. The third-order valence-corrected chi connectivity index (χ3v) is 2.21. The van der Waals surface area contributed by atoms with Crippen molar-refractivity contribution >= 4 is 5.95 Å². The van der Waals surface area contributed by atoms with Crippen molar-refractivity contribution in [2.75, 3.05) is 18.4 Å². The molecule has 0 spiro atoms. The van der Waals surface area contributed by atoms with Crippen LogP contribution in [0.1, 0.15) is 31.4 Å². The standard InChI is InChI=1S/C11H20N4/c1-10-6-9-14-11(15-10)13-8-5-3-2-4-7-12/h6,9H,2-5,7-8,12H2,1H3,(H,13,14,15). The molecule has 0 amide bonds. The lowest BCUT2D eigenvalue weighted by atomic mass is 10.2. The van der Waals surface area contributed by atoms with E-state index in [9.17, 15) is 0 Å². The third kappa shape index (κ3) is 5.32. The molecule has 0 aliphatic carbocycles. The van der Waals surface area contributed by atoms with Crippen molar-refractivity contribution in [3.05, 3.63) is 18.0 Å². The lowest BCUT2D eigenvalue weighted by molar-refractivity contribution is 0.660. The summed E-state index contributed by atoms with van der Waals surface area (Å²) in [6.07, 6.45) is 6.49. The number of hydrogen-bond donors (Lipinski definition) is 2. The maximum Gasteiger partial charge on any atom is 0.222 e. The number of nitrogens with two attached hydrogens (primary N) is 1. The van der Waals surface area contributed by atoms with Gasteiger partial charge in [-0.05, 0) is 32.4 Å². The lowest BCUT2D eigenvalue weighted by Gasteiger charge is -2.04. The van der Waals surface area contributed by atoms with Gasteiger partial charge < -0.3 is 11.1 Å². The molecule has 1 heterocycles. The number of unbranched alkanes of at least 4 members (excludes halogenated alkanes) is 3. The van der Waals surface area contributed by atoms with E-state index in [0.29, 0.717) is 0 Å². The molecule has 1 aromatic heterocycles. The second kappa shape index (κ2) is 7.17. The Morgan fingerprint density at radius 2 is 2.07 bits per heavy atom. The van der Waals surface area contributed by atoms with Crippen LogP contribution in [0.2, 0.25) is 0 Å². The maximum absolute atomic E-state index is 5.42. The van der Waals surface area contributed by atoms with Crippen molar-refractivity contribution in [3.63, 3.8) is 0 Å². The van der Waals surface area contributed by atoms with E-state index in [4.69, 9.17) is 5.73 Å². The van der Waals surface area contributed by atoms with Crippen molar-refractivity contribution in [1.82, 2.24) is 9.97 Å². The van der Waals surface area contributed by atoms with Crippen molar-refractivity contribution in [2.24, 2.45) is 5.73 Å². The van der Waals surface area contributed by atoms with E-state index < -0.39 is 0 Å². The van der Waals surface area contributed by atoms with Crippen molar-refractivity contribution in [2.45, 2.75) is 32.6 Å². The summed E-state index contributed by atoms with van der Waals surface area (Å²) in [4.78, 5) is 8.40. The van der Waals surface area contributed by atoms with Gasteiger partial charge >= 0.3 is 0 Å². The highest BCUT2D eigenvalue weighted by atomic mass is 15.1. The highest BCUT2D eigenvalue weighted by molar-refractivity contribution is 5.24. The smallest absolute Gasteiger partial charge is 0.222 e. The van der Waals surface area contributed by atoms with Gasteiger partial charge in [0.15, 0.2) is 0 Å². The van der Waals surface area contributed by atoms with Gasteiger partial charge in [-0.2, -0.15) is 0 Å². The Hall–Kier alpha value is -1.16. The fourth-order valence-corrected chi connectivity index (χ4v) is 1.36. The van der Waals surface area contributed by atoms with Crippen LogP contribution in [0.5, 0.6) is 0 Å². The predicted octanol–water partition coefficient (Wildman–Crippen LogP) is 1.72. The minimum absolute atomic E-state index is 0.730. The highest BCUT2D eigenvalue weighted by Crippen LogP contribution is 2.01. The van der Waals surface area contributed by atoms with Crippen molar-refractivity contribution in [3.8, 4) is 0 Å². The first-order chi connectivity index (χ1) is 7.33. The number of aromatic nitrogens is 2. The van der Waals surface area contributed by atoms with Gasteiger partial charge in [-0.1, -0.05) is 12.8 Å². The van der Waals surface area contributed by atoms with Gasteiger partial charge in [-0.3, -0.25) is 0 Å². The van der Waals surface area contributed by atoms with Crippen molar-refractivity contribution < 1.29 is 0 Å². The molecule has 0 aliphatic heterocycles. The quantitative estimate of drug-likeness (QED) is 0.670. The third-order valence-electron chi connectivity index (χ3n) is 2.21. The lowest BCUT2D eigenvalue weighted by Crippen LogP contribution is -2.06. The van der Waals surface area contributed by atoms with E-state index in [2.05, 4.69) is 15.3 Å². The molecule has 0 atom stereocenters. The Morgan fingerprint density at radius 3 is 2.80 bits per heavy atom. The molecule has 0 saturated carbocycles. The Kier molecular flexibility index (Phi) is 5.70. The topological polar surface area (TPSA) is 63.8 Å². The van der Waals surface area contributed by atoms with Gasteiger partial charge in [0.1, 0.15) is 0 Å². The summed E-state index contributed by atoms with van der Waals surface area (Å²) in [5.74, 6) is 0.730. The Morgan fingerprint density at radius 1 is 1.27 bits per heavy atom. The number of aryl methyl sites for hydroxylation is 1. The average molecular weight is 208 g/mol. The van der Waals surface area contributed by atoms with E-state index in [1.807, 2.05) is 13.0 Å². The molecule has 0 radical (unpaired) electrons. The first-order valence-corrected chi connectivity index (χ1v) is 5.56. The zero-order chi connectivity index (χ0) is 10.9. The maximum atomic E-state index is 5.42. The van der Waals surface area contributed by atoms with Crippen LogP contribution in [0.4, 0.5) is 5.95 Å². The summed E-state index contributed by atoms with van der Waals surface area (Å²) in [5.41, 5.74) is 6.41. The molecule has 0 bridgehead atoms. The summed E-state index contributed by atoms with van der Waals surface area (Å²) in [5, 5.41) is 3.21. The second-order valence-electron chi connectivity index (χ2n) is 3.65. The molecular weight excluding hydrogens is 188 g/mol. The van der Waals surface area contributed by atoms with E-state index in [1.165, 1.54) is 12.8 Å². The zero-order valence-corrected chi connectivity index (χ0v) is 9.37. The van der Waals surface area contributed by atoms with Crippen LogP contribution in [0, 0.1) is 6.92 Å². The molecule has 4 heteroatoms. The van der Waals surface area contributed by atoms with Crippen LogP contribution >= 0.6 is 0 Å². The van der Waals surface area contributed by atoms with Crippen molar-refractivity contribution in [1.29, 1.82) is 0 Å². The van der Waals surface area contributed by atoms with Gasteiger partial charge in [0.2, 0.25) is 5.95 Å². The van der Waals surface area contributed by atoms with E-state index in [-0.39, 0.29) is 0 Å². The van der Waals surface area contributed by atoms with Crippen LogP contribution in [-0.2, 0) is 0 Å². The summed E-state index contributed by atoms with van der Waals surface area (Å²) < 4.78 is 0. The molecule has 3 N–H and O–H groups in total. The molecule has 0 aromatic carbocycles. The first kappa shape index (κ1) is 11.9. The van der Waals surface area contributed by atoms with Gasteiger partial charge in [0.05, 0.1) is 0 Å². The molecule has 84 valence electrons. The molecule has 0 aliphatic rings. The molecule has 0 saturated heterocycles. The fraction of sp³-hybridized carbons (Fsp3) is 0.636. The molecular formula is C11H20N4. The van der Waals surface area contributed by atoms with Gasteiger partial charge in [-0.15, -0.1) is 0 Å². The normalized spacial score (nSPS) is 10.3. The SMILES string of the molecule is Cc1ccnc(NCCCCCCN)n1.